The Kier molecular flexibility index (Phi) is 10.2. The quantitative estimate of drug-likeness (QED) is 0.160. The van der Waals surface area contributed by atoms with Crippen molar-refractivity contribution in [3.05, 3.63) is 66.6 Å². The summed E-state index contributed by atoms with van der Waals surface area (Å²) in [4.78, 5) is 13.1. The van der Waals surface area contributed by atoms with Gasteiger partial charge in [-0.05, 0) is 61.2 Å². The maximum absolute atomic E-state index is 13.8. The zero-order valence-electron chi connectivity index (χ0n) is 25.0. The van der Waals surface area contributed by atoms with Gasteiger partial charge in [-0.3, -0.25) is 0 Å². The number of hydrogen-bond donors (Lipinski definition) is 3. The first-order valence-corrected chi connectivity index (χ1v) is 16.0. The highest BCUT2D eigenvalue weighted by molar-refractivity contribution is 7.89. The predicted molar refractivity (Wildman–Crippen MR) is 163 cm³/mol. The van der Waals surface area contributed by atoms with Gasteiger partial charge in [0.25, 0.3) is 0 Å². The number of aliphatic hydroxyl groups is 1. The summed E-state index contributed by atoms with van der Waals surface area (Å²) < 4.78 is 61.1. The minimum atomic E-state index is -4.08. The van der Waals surface area contributed by atoms with Crippen LogP contribution in [0.3, 0.4) is 0 Å². The highest BCUT2D eigenvalue weighted by atomic mass is 32.2. The van der Waals surface area contributed by atoms with Crippen LogP contribution in [0.2, 0.25) is 0 Å². The SMILES string of the molecule is CC(C)CN(C[C@@H](O)[C@H](Cc1ccc(OCCCN)cc1)NC(=O)Oc1coc2occc12)S(=O)(=O)c1ccc2c(c1)OCO2. The molecule has 0 saturated heterocycles. The fourth-order valence-corrected chi connectivity index (χ4v) is 6.47. The summed E-state index contributed by atoms with van der Waals surface area (Å²) in [5, 5.41) is 14.7. The molecule has 13 nitrogen and oxygen atoms in total. The van der Waals surface area contributed by atoms with Crippen molar-refractivity contribution in [1.29, 1.82) is 0 Å². The molecule has 1 amide bonds. The lowest BCUT2D eigenvalue weighted by molar-refractivity contribution is 0.0991. The summed E-state index contributed by atoms with van der Waals surface area (Å²) in [6.45, 7) is 4.56. The molecule has 0 aliphatic carbocycles. The van der Waals surface area contributed by atoms with Crippen LogP contribution >= 0.6 is 0 Å². The average molecular weight is 644 g/mol. The van der Waals surface area contributed by atoms with Crippen molar-refractivity contribution >= 4 is 27.3 Å². The Hall–Kier alpha value is -4.24. The molecule has 4 aromatic rings. The third-order valence-electron chi connectivity index (χ3n) is 7.08. The summed E-state index contributed by atoms with van der Waals surface area (Å²) >= 11 is 0. The minimum Gasteiger partial charge on any atom is -0.494 e. The Morgan fingerprint density at radius 1 is 1.07 bits per heavy atom. The van der Waals surface area contributed by atoms with E-state index in [2.05, 4.69) is 5.32 Å². The molecular formula is C31H37N3O10S. The van der Waals surface area contributed by atoms with Gasteiger partial charge in [-0.25, -0.2) is 13.2 Å². The maximum atomic E-state index is 13.8. The first kappa shape index (κ1) is 32.2. The van der Waals surface area contributed by atoms with Crippen LogP contribution in [0.25, 0.3) is 11.2 Å². The van der Waals surface area contributed by atoms with E-state index < -0.39 is 28.3 Å². The van der Waals surface area contributed by atoms with E-state index in [0.717, 1.165) is 5.56 Å². The zero-order valence-corrected chi connectivity index (χ0v) is 25.8. The lowest BCUT2D eigenvalue weighted by Crippen LogP contribution is -2.51. The van der Waals surface area contributed by atoms with Crippen molar-refractivity contribution in [3.8, 4) is 23.0 Å². The van der Waals surface area contributed by atoms with Gasteiger partial charge in [-0.2, -0.15) is 4.31 Å². The molecule has 0 saturated carbocycles. The van der Waals surface area contributed by atoms with Crippen molar-refractivity contribution in [3.63, 3.8) is 0 Å². The number of nitrogens with two attached hydrogens (primary N) is 1. The number of ether oxygens (including phenoxy) is 4. The zero-order chi connectivity index (χ0) is 32.0. The molecule has 5 rings (SSSR count). The molecule has 2 aromatic heterocycles. The number of nitrogens with one attached hydrogen (secondary N) is 1. The van der Waals surface area contributed by atoms with Gasteiger partial charge in [0.15, 0.2) is 17.2 Å². The van der Waals surface area contributed by atoms with Crippen molar-refractivity contribution in [1.82, 2.24) is 9.62 Å². The van der Waals surface area contributed by atoms with Crippen LogP contribution in [0.1, 0.15) is 25.8 Å². The monoisotopic (exact) mass is 643 g/mol. The van der Waals surface area contributed by atoms with E-state index in [-0.39, 0.29) is 48.6 Å². The van der Waals surface area contributed by atoms with Gasteiger partial charge in [0.2, 0.25) is 16.8 Å². The van der Waals surface area contributed by atoms with E-state index in [1.165, 1.54) is 35.0 Å². The molecule has 1 aliphatic rings. The smallest absolute Gasteiger partial charge is 0.413 e. The normalized spacial score (nSPS) is 14.2. The van der Waals surface area contributed by atoms with Gasteiger partial charge >= 0.3 is 11.9 Å². The summed E-state index contributed by atoms with van der Waals surface area (Å²) in [7, 11) is -4.08. The second-order valence-electron chi connectivity index (χ2n) is 11.0. The van der Waals surface area contributed by atoms with Crippen LogP contribution in [0, 0.1) is 5.92 Å². The molecule has 14 heteroatoms. The molecule has 1 aliphatic heterocycles. The van der Waals surface area contributed by atoms with Crippen molar-refractivity contribution in [2.75, 3.05) is 33.0 Å². The van der Waals surface area contributed by atoms with Crippen LogP contribution in [-0.4, -0.2) is 69.1 Å². The van der Waals surface area contributed by atoms with E-state index in [4.69, 9.17) is 33.5 Å². The minimum absolute atomic E-state index is 0.00201. The van der Waals surface area contributed by atoms with E-state index >= 15 is 0 Å². The van der Waals surface area contributed by atoms with Gasteiger partial charge in [-0.15, -0.1) is 0 Å². The van der Waals surface area contributed by atoms with Crippen molar-refractivity contribution in [2.24, 2.45) is 11.7 Å². The summed E-state index contributed by atoms with van der Waals surface area (Å²) in [5.41, 5.74) is 6.30. The number of carbonyl (C=O) groups excluding carboxylic acids is 1. The lowest BCUT2D eigenvalue weighted by atomic mass is 10.0. The van der Waals surface area contributed by atoms with Crippen LogP contribution in [0.4, 0.5) is 4.79 Å². The number of benzene rings is 2. The van der Waals surface area contributed by atoms with Crippen molar-refractivity contribution in [2.45, 2.75) is 43.7 Å². The summed E-state index contributed by atoms with van der Waals surface area (Å²) in [5.74, 6) is 1.69. The number of carbonyl (C=O) groups is 1. The second kappa shape index (κ2) is 14.2. The predicted octanol–water partition coefficient (Wildman–Crippen LogP) is 3.89. The number of nitrogens with zero attached hydrogens (tertiary/aromatic N) is 1. The van der Waals surface area contributed by atoms with Gasteiger partial charge in [0, 0.05) is 19.2 Å². The van der Waals surface area contributed by atoms with Gasteiger partial charge < -0.3 is 43.9 Å². The Morgan fingerprint density at radius 3 is 2.60 bits per heavy atom. The largest absolute Gasteiger partial charge is 0.494 e. The second-order valence-corrected chi connectivity index (χ2v) is 12.9. The highest BCUT2D eigenvalue weighted by Gasteiger charge is 2.33. The van der Waals surface area contributed by atoms with Gasteiger partial charge in [0.05, 0.1) is 29.9 Å². The maximum Gasteiger partial charge on any atom is 0.413 e. The van der Waals surface area contributed by atoms with E-state index in [1.54, 1.807) is 18.2 Å². The van der Waals surface area contributed by atoms with Crippen LogP contribution in [-0.2, 0) is 16.4 Å². The van der Waals surface area contributed by atoms with Crippen LogP contribution < -0.4 is 30.0 Å². The molecule has 0 spiro atoms. The molecular weight excluding hydrogens is 606 g/mol. The van der Waals surface area contributed by atoms with Gasteiger partial charge in [0.1, 0.15) is 17.4 Å². The molecule has 0 fully saturated rings. The third kappa shape index (κ3) is 7.89. The summed E-state index contributed by atoms with van der Waals surface area (Å²) in [6.07, 6.45) is 1.32. The fraction of sp³-hybridized carbons (Fsp3) is 0.387. The molecule has 0 unspecified atom stereocenters. The number of sulfonamides is 1. The molecule has 0 radical (unpaired) electrons. The van der Waals surface area contributed by atoms with Crippen molar-refractivity contribution < 1.29 is 46.1 Å². The number of fused-ring (bicyclic) bond motifs is 2. The van der Waals surface area contributed by atoms with Crippen LogP contribution in [0.15, 0.2) is 74.8 Å². The molecule has 2 atom stereocenters. The highest BCUT2D eigenvalue weighted by Crippen LogP contribution is 2.35. The number of aliphatic hydroxyl groups excluding tert-OH is 1. The van der Waals surface area contributed by atoms with Crippen LogP contribution in [0.5, 0.6) is 23.0 Å². The Balaban J connectivity index is 1.36. The summed E-state index contributed by atoms with van der Waals surface area (Å²) in [6, 6.07) is 12.2. The molecule has 0 bridgehead atoms. The Bertz CT molecular complexity index is 1680. The molecule has 4 N–H and O–H groups in total. The van der Waals surface area contributed by atoms with E-state index in [1.807, 2.05) is 26.0 Å². The number of rotatable bonds is 15. The first-order chi connectivity index (χ1) is 21.6. The molecule has 2 aromatic carbocycles. The standard InChI is InChI=1S/C31H37N3O10S/c1-20(2)16-34(45(37,38)23-8-9-27-28(15-23)43-19-42-27)17-26(35)25(14-21-4-6-22(7-5-21)39-12-3-11-32)33-31(36)44-29-18-41-30-24(29)10-13-40-30/h4-10,13,15,18,20,25-26,35H,3,11-12,14,16-17,19,32H2,1-2H3,(H,33,36)/t25-,26+/m0/s1. The lowest BCUT2D eigenvalue weighted by Gasteiger charge is -2.30. The molecule has 45 heavy (non-hydrogen) atoms. The van der Waals surface area contributed by atoms with E-state index in [9.17, 15) is 18.3 Å². The number of amides is 1. The third-order valence-corrected chi connectivity index (χ3v) is 8.90. The Labute approximate surface area is 260 Å². The topological polar surface area (TPSA) is 176 Å². The first-order valence-electron chi connectivity index (χ1n) is 14.6. The molecule has 3 heterocycles. The molecule has 242 valence electrons. The van der Waals surface area contributed by atoms with Gasteiger partial charge in [-0.1, -0.05) is 26.0 Å². The van der Waals surface area contributed by atoms with E-state index in [0.29, 0.717) is 42.2 Å². The number of furan rings is 2. The average Bonchev–Trinajstić information content (AvgIpc) is 3.76. The number of hydrogen-bond acceptors (Lipinski definition) is 11. The Morgan fingerprint density at radius 2 is 1.84 bits per heavy atom. The fourth-order valence-electron chi connectivity index (χ4n) is 4.83.